The Balaban J connectivity index is 1.65. The van der Waals surface area contributed by atoms with Crippen molar-refractivity contribution in [1.82, 2.24) is 14.8 Å². The first-order valence-corrected chi connectivity index (χ1v) is 7.60. The van der Waals surface area contributed by atoms with Gasteiger partial charge in [0.05, 0.1) is 15.9 Å². The number of thiazole rings is 1. The highest BCUT2D eigenvalue weighted by molar-refractivity contribution is 9.10. The quantitative estimate of drug-likeness (QED) is 0.793. The first-order valence-electron chi connectivity index (χ1n) is 5.99. The number of nitrogens with zero attached hydrogens (tertiary/aromatic N) is 3. The summed E-state index contributed by atoms with van der Waals surface area (Å²) in [5.41, 5.74) is 2.13. The summed E-state index contributed by atoms with van der Waals surface area (Å²) in [6.45, 7) is 0.845. The lowest BCUT2D eigenvalue weighted by molar-refractivity contribution is 0.742. The molecule has 2 heterocycles. The van der Waals surface area contributed by atoms with Gasteiger partial charge in [-0.05, 0) is 24.3 Å². The van der Waals surface area contributed by atoms with Crippen LogP contribution < -0.4 is 5.32 Å². The lowest BCUT2D eigenvalue weighted by Crippen LogP contribution is -2.05. The summed E-state index contributed by atoms with van der Waals surface area (Å²) < 4.78 is 4.10. The predicted octanol–water partition coefficient (Wildman–Crippen LogP) is 3.45. The average Bonchev–Trinajstić information content (AvgIpc) is 2.95. The van der Waals surface area contributed by atoms with Gasteiger partial charge in [0.15, 0.2) is 5.13 Å². The summed E-state index contributed by atoms with van der Waals surface area (Å²) in [5, 5.41) is 8.67. The number of anilines is 1. The fraction of sp³-hybridized carbons (Fsp3) is 0.231. The van der Waals surface area contributed by atoms with Crippen molar-refractivity contribution in [3.05, 3.63) is 40.6 Å². The Morgan fingerprint density at radius 2 is 2.26 bits per heavy atom. The van der Waals surface area contributed by atoms with E-state index in [-0.39, 0.29) is 0 Å². The second-order valence-electron chi connectivity index (χ2n) is 4.29. The van der Waals surface area contributed by atoms with E-state index in [2.05, 4.69) is 37.4 Å². The van der Waals surface area contributed by atoms with Crippen molar-refractivity contribution >= 4 is 42.6 Å². The summed E-state index contributed by atoms with van der Waals surface area (Å²) in [6, 6.07) is 8.17. The van der Waals surface area contributed by atoms with E-state index in [1.54, 1.807) is 11.3 Å². The molecule has 19 heavy (non-hydrogen) atoms. The molecule has 0 aliphatic heterocycles. The molecule has 2 aromatic heterocycles. The molecule has 1 N–H and O–H groups in total. The maximum absolute atomic E-state index is 4.55. The molecule has 4 nitrogen and oxygen atoms in total. The van der Waals surface area contributed by atoms with Gasteiger partial charge in [-0.2, -0.15) is 5.10 Å². The number of fused-ring (bicyclic) bond motifs is 1. The minimum Gasteiger partial charge on any atom is -0.361 e. The summed E-state index contributed by atoms with van der Waals surface area (Å²) in [7, 11) is 1.93. The Morgan fingerprint density at radius 3 is 3.05 bits per heavy atom. The molecule has 0 fully saturated rings. The van der Waals surface area contributed by atoms with Crippen molar-refractivity contribution in [3.8, 4) is 0 Å². The van der Waals surface area contributed by atoms with E-state index >= 15 is 0 Å². The number of nitrogens with one attached hydrogen (secondary N) is 1. The van der Waals surface area contributed by atoms with Crippen molar-refractivity contribution in [1.29, 1.82) is 0 Å². The first-order chi connectivity index (χ1) is 9.20. The van der Waals surface area contributed by atoms with Gasteiger partial charge in [0.25, 0.3) is 0 Å². The third kappa shape index (κ3) is 2.96. The maximum Gasteiger partial charge on any atom is 0.183 e. The smallest absolute Gasteiger partial charge is 0.183 e. The van der Waals surface area contributed by atoms with E-state index < -0.39 is 0 Å². The second kappa shape index (κ2) is 5.30. The van der Waals surface area contributed by atoms with E-state index in [0.29, 0.717) is 0 Å². The van der Waals surface area contributed by atoms with Gasteiger partial charge in [-0.1, -0.05) is 27.3 Å². The zero-order valence-corrected chi connectivity index (χ0v) is 12.8. The van der Waals surface area contributed by atoms with Crippen molar-refractivity contribution in [2.24, 2.45) is 7.05 Å². The van der Waals surface area contributed by atoms with Crippen LogP contribution in [0.5, 0.6) is 0 Å². The van der Waals surface area contributed by atoms with Crippen LogP contribution in [0.25, 0.3) is 10.2 Å². The van der Waals surface area contributed by atoms with Crippen LogP contribution in [0.2, 0.25) is 0 Å². The molecule has 0 bridgehead atoms. The van der Waals surface area contributed by atoms with Crippen LogP contribution in [0.4, 0.5) is 5.13 Å². The highest BCUT2D eigenvalue weighted by atomic mass is 79.9. The molecule has 0 spiro atoms. The van der Waals surface area contributed by atoms with Crippen LogP contribution in [-0.2, 0) is 13.5 Å². The van der Waals surface area contributed by atoms with Crippen molar-refractivity contribution < 1.29 is 0 Å². The molecule has 0 atom stereocenters. The monoisotopic (exact) mass is 336 g/mol. The molecule has 0 amide bonds. The van der Waals surface area contributed by atoms with Crippen molar-refractivity contribution in [2.75, 3.05) is 11.9 Å². The Labute approximate surface area is 123 Å². The van der Waals surface area contributed by atoms with Crippen LogP contribution in [-0.4, -0.2) is 21.3 Å². The molecular weight excluding hydrogens is 324 g/mol. The number of benzene rings is 1. The number of halogens is 1. The SMILES string of the molecule is Cn1ccc(CCNc2nc3ccc(Br)cc3s2)n1. The average molecular weight is 337 g/mol. The van der Waals surface area contributed by atoms with Crippen LogP contribution in [0, 0.1) is 0 Å². The number of aryl methyl sites for hydroxylation is 1. The van der Waals surface area contributed by atoms with Gasteiger partial charge in [0.1, 0.15) is 0 Å². The normalized spacial score (nSPS) is 11.1. The summed E-state index contributed by atoms with van der Waals surface area (Å²) in [6.07, 6.45) is 2.87. The molecule has 0 radical (unpaired) electrons. The second-order valence-corrected chi connectivity index (χ2v) is 6.23. The first kappa shape index (κ1) is 12.6. The fourth-order valence-corrected chi connectivity index (χ4v) is 3.31. The third-order valence-corrected chi connectivity index (χ3v) is 4.25. The molecular formula is C13H13BrN4S. The van der Waals surface area contributed by atoms with E-state index in [9.17, 15) is 0 Å². The van der Waals surface area contributed by atoms with Crippen LogP contribution in [0.3, 0.4) is 0 Å². The molecule has 3 aromatic rings. The van der Waals surface area contributed by atoms with E-state index in [4.69, 9.17) is 0 Å². The Hall–Kier alpha value is -1.40. The minimum absolute atomic E-state index is 0.845. The molecule has 0 saturated carbocycles. The Bertz CT molecular complexity index is 704. The lowest BCUT2D eigenvalue weighted by Gasteiger charge is -1.99. The number of hydrogen-bond acceptors (Lipinski definition) is 4. The van der Waals surface area contributed by atoms with Crippen LogP contribution in [0.1, 0.15) is 5.69 Å². The zero-order chi connectivity index (χ0) is 13.2. The van der Waals surface area contributed by atoms with E-state index in [0.717, 1.165) is 33.8 Å². The molecule has 3 rings (SSSR count). The van der Waals surface area contributed by atoms with Gasteiger partial charge < -0.3 is 5.32 Å². The molecule has 0 unspecified atom stereocenters. The Morgan fingerprint density at radius 1 is 1.37 bits per heavy atom. The standard InChI is InChI=1S/C13H13BrN4S/c1-18-7-5-10(17-18)4-6-15-13-16-11-3-2-9(14)8-12(11)19-13/h2-3,5,7-8H,4,6H2,1H3,(H,15,16). The maximum atomic E-state index is 4.55. The van der Waals surface area contributed by atoms with Gasteiger partial charge in [-0.25, -0.2) is 4.98 Å². The number of hydrogen-bond donors (Lipinski definition) is 1. The molecule has 6 heteroatoms. The molecule has 0 aliphatic rings. The number of rotatable bonds is 4. The van der Waals surface area contributed by atoms with Gasteiger partial charge >= 0.3 is 0 Å². The zero-order valence-electron chi connectivity index (χ0n) is 10.4. The fourth-order valence-electron chi connectivity index (χ4n) is 1.87. The van der Waals surface area contributed by atoms with Gasteiger partial charge in [0, 0.05) is 30.7 Å². The predicted molar refractivity (Wildman–Crippen MR) is 82.7 cm³/mol. The topological polar surface area (TPSA) is 42.7 Å². The summed E-state index contributed by atoms with van der Waals surface area (Å²) >= 11 is 5.15. The van der Waals surface area contributed by atoms with Crippen LogP contribution >= 0.6 is 27.3 Å². The minimum atomic E-state index is 0.845. The van der Waals surface area contributed by atoms with E-state index in [1.165, 1.54) is 4.70 Å². The molecule has 0 saturated heterocycles. The third-order valence-electron chi connectivity index (χ3n) is 2.78. The largest absolute Gasteiger partial charge is 0.361 e. The van der Waals surface area contributed by atoms with Gasteiger partial charge in [-0.15, -0.1) is 0 Å². The highest BCUT2D eigenvalue weighted by Gasteiger charge is 2.04. The molecule has 98 valence electrons. The summed E-state index contributed by atoms with van der Waals surface area (Å²) in [5.74, 6) is 0. The summed E-state index contributed by atoms with van der Waals surface area (Å²) in [4.78, 5) is 4.55. The Kier molecular flexibility index (Phi) is 3.52. The molecule has 0 aliphatic carbocycles. The molecule has 1 aromatic carbocycles. The van der Waals surface area contributed by atoms with Crippen molar-refractivity contribution in [2.45, 2.75) is 6.42 Å². The van der Waals surface area contributed by atoms with E-state index in [1.807, 2.05) is 36.1 Å². The van der Waals surface area contributed by atoms with Crippen molar-refractivity contribution in [3.63, 3.8) is 0 Å². The van der Waals surface area contributed by atoms with Crippen LogP contribution in [0.15, 0.2) is 34.9 Å². The van der Waals surface area contributed by atoms with Gasteiger partial charge in [0.2, 0.25) is 0 Å². The number of aromatic nitrogens is 3. The van der Waals surface area contributed by atoms with Gasteiger partial charge in [-0.3, -0.25) is 4.68 Å². The highest BCUT2D eigenvalue weighted by Crippen LogP contribution is 2.28. The lowest BCUT2D eigenvalue weighted by atomic mass is 10.3.